The molecule has 0 saturated heterocycles. The first-order valence-corrected chi connectivity index (χ1v) is 6.57. The molecule has 0 saturated carbocycles. The Morgan fingerprint density at radius 3 is 2.91 bits per heavy atom. The van der Waals surface area contributed by atoms with E-state index in [4.69, 9.17) is 9.68 Å². The van der Waals surface area contributed by atoms with Crippen LogP contribution >= 0.6 is 0 Å². The van der Waals surface area contributed by atoms with Gasteiger partial charge in [-0.15, -0.1) is 5.10 Å². The molecule has 2 aromatic heterocycles. The zero-order valence-corrected chi connectivity index (χ0v) is 11.5. The quantitative estimate of drug-likeness (QED) is 0.745. The van der Waals surface area contributed by atoms with E-state index >= 15 is 0 Å². The van der Waals surface area contributed by atoms with Crippen LogP contribution in [0.1, 0.15) is 11.3 Å². The number of nitrogens with zero attached hydrogens (tertiary/aromatic N) is 4. The summed E-state index contributed by atoms with van der Waals surface area (Å²) in [5, 5.41) is 22.9. The average molecular weight is 292 g/mol. The summed E-state index contributed by atoms with van der Waals surface area (Å²) in [5.41, 5.74) is 1.15. The monoisotopic (exact) mass is 292 g/mol. The average Bonchev–Trinajstić information content (AvgIpc) is 3.07. The highest BCUT2D eigenvalue weighted by atomic mass is 16.3. The fourth-order valence-electron chi connectivity index (χ4n) is 1.84. The van der Waals surface area contributed by atoms with E-state index in [9.17, 15) is 0 Å². The van der Waals surface area contributed by atoms with Crippen LogP contribution in [-0.4, -0.2) is 15.2 Å². The summed E-state index contributed by atoms with van der Waals surface area (Å²) in [6, 6.07) is 12.9. The van der Waals surface area contributed by atoms with E-state index in [-0.39, 0.29) is 0 Å². The van der Waals surface area contributed by atoms with Gasteiger partial charge in [0.1, 0.15) is 11.8 Å². The van der Waals surface area contributed by atoms with Crippen molar-refractivity contribution in [2.75, 3.05) is 10.6 Å². The molecule has 0 amide bonds. The summed E-state index contributed by atoms with van der Waals surface area (Å²) in [7, 11) is 0. The van der Waals surface area contributed by atoms with Gasteiger partial charge in [0.05, 0.1) is 30.3 Å². The maximum absolute atomic E-state index is 9.07. The van der Waals surface area contributed by atoms with Crippen LogP contribution in [0.15, 0.2) is 53.3 Å². The van der Waals surface area contributed by atoms with Gasteiger partial charge in [0.15, 0.2) is 5.82 Å². The predicted molar refractivity (Wildman–Crippen MR) is 80.3 cm³/mol. The molecule has 7 heteroatoms. The number of hydrogen-bond donors (Lipinski definition) is 2. The van der Waals surface area contributed by atoms with Gasteiger partial charge < -0.3 is 15.1 Å². The molecule has 0 aliphatic rings. The smallest absolute Gasteiger partial charge is 0.249 e. The molecular weight excluding hydrogens is 280 g/mol. The second-order valence-electron chi connectivity index (χ2n) is 4.38. The number of anilines is 3. The molecule has 0 unspecified atom stereocenters. The largest absolute Gasteiger partial charge is 0.467 e. The number of hydrogen-bond acceptors (Lipinski definition) is 7. The van der Waals surface area contributed by atoms with Crippen molar-refractivity contribution in [2.24, 2.45) is 0 Å². The molecule has 1 aromatic carbocycles. The van der Waals surface area contributed by atoms with Gasteiger partial charge in [-0.05, 0) is 24.3 Å². The van der Waals surface area contributed by atoms with Gasteiger partial charge in [-0.3, -0.25) is 0 Å². The number of nitrogens with one attached hydrogen (secondary N) is 2. The van der Waals surface area contributed by atoms with Crippen molar-refractivity contribution in [1.29, 1.82) is 5.26 Å². The van der Waals surface area contributed by atoms with Crippen LogP contribution in [0, 0.1) is 11.3 Å². The highest BCUT2D eigenvalue weighted by Gasteiger charge is 2.05. The van der Waals surface area contributed by atoms with Gasteiger partial charge in [0.2, 0.25) is 5.95 Å². The second kappa shape index (κ2) is 6.37. The molecule has 0 fully saturated rings. The standard InChI is InChI=1S/C15H12N6O/c16-8-11-4-1-2-6-13(11)19-15-20-14(10-18-21-15)17-9-12-5-3-7-22-12/h1-7,10H,9H2,(H2,17,19,20,21). The van der Waals surface area contributed by atoms with Gasteiger partial charge >= 0.3 is 0 Å². The molecule has 108 valence electrons. The molecule has 22 heavy (non-hydrogen) atoms. The van der Waals surface area contributed by atoms with Gasteiger partial charge in [0.25, 0.3) is 0 Å². The van der Waals surface area contributed by atoms with Crippen molar-refractivity contribution in [3.63, 3.8) is 0 Å². The van der Waals surface area contributed by atoms with Crippen LogP contribution in [0.2, 0.25) is 0 Å². The summed E-state index contributed by atoms with van der Waals surface area (Å²) < 4.78 is 5.23. The van der Waals surface area contributed by atoms with E-state index in [0.29, 0.717) is 29.6 Å². The van der Waals surface area contributed by atoms with Crippen molar-refractivity contribution < 1.29 is 4.42 Å². The summed E-state index contributed by atoms with van der Waals surface area (Å²) in [6.45, 7) is 0.500. The topological polar surface area (TPSA) is 99.7 Å². The fraction of sp³-hybridized carbons (Fsp3) is 0.0667. The Labute approximate surface area is 126 Å². The first-order chi connectivity index (χ1) is 10.8. The first-order valence-electron chi connectivity index (χ1n) is 6.57. The summed E-state index contributed by atoms with van der Waals surface area (Å²) in [4.78, 5) is 4.30. The van der Waals surface area contributed by atoms with Crippen LogP contribution in [0.5, 0.6) is 0 Å². The summed E-state index contributed by atoms with van der Waals surface area (Å²) in [5.74, 6) is 1.67. The summed E-state index contributed by atoms with van der Waals surface area (Å²) in [6.07, 6.45) is 3.13. The maximum Gasteiger partial charge on any atom is 0.249 e. The Hall–Kier alpha value is -3.40. The second-order valence-corrected chi connectivity index (χ2v) is 4.38. The Morgan fingerprint density at radius 2 is 2.09 bits per heavy atom. The highest BCUT2D eigenvalue weighted by molar-refractivity contribution is 5.62. The highest BCUT2D eigenvalue weighted by Crippen LogP contribution is 2.18. The van der Waals surface area contributed by atoms with Crippen LogP contribution in [0.25, 0.3) is 0 Å². The van der Waals surface area contributed by atoms with E-state index < -0.39 is 0 Å². The molecule has 0 spiro atoms. The Kier molecular flexibility index (Phi) is 3.93. The third-order valence-corrected chi connectivity index (χ3v) is 2.88. The molecular formula is C15H12N6O. The molecule has 0 atom stereocenters. The number of furan rings is 1. The lowest BCUT2D eigenvalue weighted by Gasteiger charge is -2.07. The van der Waals surface area contributed by atoms with Crippen molar-refractivity contribution in [2.45, 2.75) is 6.54 Å². The number of benzene rings is 1. The van der Waals surface area contributed by atoms with Crippen LogP contribution in [0.3, 0.4) is 0 Å². The molecule has 2 heterocycles. The predicted octanol–water partition coefficient (Wildman–Crippen LogP) is 2.69. The zero-order chi connectivity index (χ0) is 15.2. The third-order valence-electron chi connectivity index (χ3n) is 2.88. The molecule has 0 aliphatic carbocycles. The van der Waals surface area contributed by atoms with Crippen molar-refractivity contribution in [1.82, 2.24) is 15.2 Å². The number of nitriles is 1. The molecule has 0 radical (unpaired) electrons. The third kappa shape index (κ3) is 3.19. The van der Waals surface area contributed by atoms with E-state index in [0.717, 1.165) is 5.76 Å². The lowest BCUT2D eigenvalue weighted by Crippen LogP contribution is -2.05. The molecule has 3 aromatic rings. The van der Waals surface area contributed by atoms with Crippen LogP contribution in [0.4, 0.5) is 17.5 Å². The SMILES string of the molecule is N#Cc1ccccc1Nc1nncc(NCc2ccco2)n1. The van der Waals surface area contributed by atoms with E-state index in [1.165, 1.54) is 6.20 Å². The summed E-state index contributed by atoms with van der Waals surface area (Å²) >= 11 is 0. The van der Waals surface area contributed by atoms with E-state index in [1.54, 1.807) is 24.5 Å². The maximum atomic E-state index is 9.07. The molecule has 0 aliphatic heterocycles. The number of para-hydroxylation sites is 1. The minimum Gasteiger partial charge on any atom is -0.467 e. The van der Waals surface area contributed by atoms with Crippen molar-refractivity contribution >= 4 is 17.5 Å². The molecule has 0 bridgehead atoms. The number of rotatable bonds is 5. The lowest BCUT2D eigenvalue weighted by atomic mass is 10.2. The Morgan fingerprint density at radius 1 is 1.18 bits per heavy atom. The van der Waals surface area contributed by atoms with Gasteiger partial charge in [-0.2, -0.15) is 15.3 Å². The van der Waals surface area contributed by atoms with Crippen LogP contribution in [-0.2, 0) is 6.54 Å². The van der Waals surface area contributed by atoms with Gasteiger partial charge in [-0.1, -0.05) is 12.1 Å². The zero-order valence-electron chi connectivity index (χ0n) is 11.5. The van der Waals surface area contributed by atoms with E-state index in [2.05, 4.69) is 31.9 Å². The normalized spacial score (nSPS) is 9.95. The first kappa shape index (κ1) is 13.6. The van der Waals surface area contributed by atoms with Crippen molar-refractivity contribution in [3.8, 4) is 6.07 Å². The van der Waals surface area contributed by atoms with Crippen LogP contribution < -0.4 is 10.6 Å². The minimum absolute atomic E-state index is 0.312. The number of aromatic nitrogens is 3. The van der Waals surface area contributed by atoms with Crippen molar-refractivity contribution in [3.05, 3.63) is 60.2 Å². The van der Waals surface area contributed by atoms with Gasteiger partial charge in [-0.25, -0.2) is 0 Å². The van der Waals surface area contributed by atoms with E-state index in [1.807, 2.05) is 18.2 Å². The Balaban J connectivity index is 1.72. The molecule has 2 N–H and O–H groups in total. The van der Waals surface area contributed by atoms with Gasteiger partial charge in [0, 0.05) is 0 Å². The minimum atomic E-state index is 0.312. The Bertz CT molecular complexity index is 794. The molecule has 7 nitrogen and oxygen atoms in total. The lowest BCUT2D eigenvalue weighted by molar-refractivity contribution is 0.517. The molecule has 3 rings (SSSR count). The fourth-order valence-corrected chi connectivity index (χ4v) is 1.84.